The van der Waals surface area contributed by atoms with E-state index in [1.54, 1.807) is 0 Å². The summed E-state index contributed by atoms with van der Waals surface area (Å²) in [5.74, 6) is -2.25. The van der Waals surface area contributed by atoms with Crippen LogP contribution in [0.1, 0.15) is 5.56 Å². The monoisotopic (exact) mass is 265 g/mol. The van der Waals surface area contributed by atoms with Gasteiger partial charge in [-0.3, -0.25) is 10.1 Å². The van der Waals surface area contributed by atoms with Gasteiger partial charge in [0.15, 0.2) is 11.6 Å². The standard InChI is InChI=1S/C12H9F2N3O2/c1-6-2-3-8(12(14)11(6)13)9-4-7(17(18)19)5-10(15)16-9/h2-5H,1H3,(H2,15,16). The molecule has 0 saturated heterocycles. The van der Waals surface area contributed by atoms with Gasteiger partial charge in [-0.2, -0.15) is 0 Å². The Morgan fingerprint density at radius 1 is 1.26 bits per heavy atom. The van der Waals surface area contributed by atoms with Crippen LogP contribution in [-0.4, -0.2) is 9.91 Å². The minimum atomic E-state index is -1.10. The lowest BCUT2D eigenvalue weighted by Crippen LogP contribution is -1.99. The van der Waals surface area contributed by atoms with Gasteiger partial charge in [-0.25, -0.2) is 13.8 Å². The number of hydrogen-bond acceptors (Lipinski definition) is 4. The number of hydrogen-bond donors (Lipinski definition) is 1. The van der Waals surface area contributed by atoms with Gasteiger partial charge in [-0.15, -0.1) is 0 Å². The van der Waals surface area contributed by atoms with E-state index >= 15 is 0 Å². The van der Waals surface area contributed by atoms with Gasteiger partial charge in [0.1, 0.15) is 5.82 Å². The molecule has 0 fully saturated rings. The van der Waals surface area contributed by atoms with E-state index in [4.69, 9.17) is 5.73 Å². The van der Waals surface area contributed by atoms with Crippen LogP contribution in [0.25, 0.3) is 11.3 Å². The van der Waals surface area contributed by atoms with Crippen LogP contribution in [0.5, 0.6) is 0 Å². The summed E-state index contributed by atoms with van der Waals surface area (Å²) in [4.78, 5) is 13.8. The number of pyridine rings is 1. The Balaban J connectivity index is 2.65. The molecular formula is C12H9F2N3O2. The van der Waals surface area contributed by atoms with Crippen LogP contribution >= 0.6 is 0 Å². The molecule has 0 aliphatic rings. The molecule has 1 aromatic heterocycles. The van der Waals surface area contributed by atoms with Crippen LogP contribution in [0, 0.1) is 28.7 Å². The third-order valence-corrected chi connectivity index (χ3v) is 2.59. The van der Waals surface area contributed by atoms with Crippen molar-refractivity contribution in [1.82, 2.24) is 4.98 Å². The summed E-state index contributed by atoms with van der Waals surface area (Å²) in [6.45, 7) is 1.41. The van der Waals surface area contributed by atoms with Crippen molar-refractivity contribution < 1.29 is 13.7 Å². The molecular weight excluding hydrogens is 256 g/mol. The van der Waals surface area contributed by atoms with Crippen molar-refractivity contribution in [2.45, 2.75) is 6.92 Å². The van der Waals surface area contributed by atoms with Crippen molar-refractivity contribution in [2.75, 3.05) is 5.73 Å². The fourth-order valence-corrected chi connectivity index (χ4v) is 1.62. The Bertz CT molecular complexity index is 674. The lowest BCUT2D eigenvalue weighted by molar-refractivity contribution is -0.384. The summed E-state index contributed by atoms with van der Waals surface area (Å²) in [7, 11) is 0. The Morgan fingerprint density at radius 2 is 1.95 bits per heavy atom. The molecule has 0 aliphatic carbocycles. The van der Waals surface area contributed by atoms with E-state index in [1.165, 1.54) is 19.1 Å². The van der Waals surface area contributed by atoms with E-state index in [0.29, 0.717) is 0 Å². The number of nitrogen functional groups attached to an aromatic ring is 1. The maximum Gasteiger partial charge on any atom is 0.275 e. The fourth-order valence-electron chi connectivity index (χ4n) is 1.62. The zero-order valence-corrected chi connectivity index (χ0v) is 9.85. The second-order valence-electron chi connectivity index (χ2n) is 3.95. The van der Waals surface area contributed by atoms with Gasteiger partial charge >= 0.3 is 0 Å². The van der Waals surface area contributed by atoms with Gasteiger partial charge in [0.25, 0.3) is 5.69 Å². The smallest absolute Gasteiger partial charge is 0.275 e. The number of anilines is 1. The quantitative estimate of drug-likeness (QED) is 0.668. The highest BCUT2D eigenvalue weighted by Crippen LogP contribution is 2.28. The number of nitrogens with two attached hydrogens (primary N) is 1. The van der Waals surface area contributed by atoms with Crippen molar-refractivity contribution >= 4 is 11.5 Å². The van der Waals surface area contributed by atoms with Crippen molar-refractivity contribution in [1.29, 1.82) is 0 Å². The van der Waals surface area contributed by atoms with E-state index in [1.807, 2.05) is 0 Å². The van der Waals surface area contributed by atoms with E-state index in [9.17, 15) is 18.9 Å². The average Bonchev–Trinajstić information content (AvgIpc) is 2.35. The summed E-state index contributed by atoms with van der Waals surface area (Å²) in [5.41, 5.74) is 4.98. The van der Waals surface area contributed by atoms with Crippen LogP contribution in [-0.2, 0) is 0 Å². The van der Waals surface area contributed by atoms with Gasteiger partial charge in [0, 0.05) is 11.6 Å². The van der Waals surface area contributed by atoms with E-state index < -0.39 is 16.6 Å². The minimum Gasteiger partial charge on any atom is -0.383 e. The summed E-state index contributed by atoms with van der Waals surface area (Å²) in [6.07, 6.45) is 0. The molecule has 5 nitrogen and oxygen atoms in total. The number of halogens is 2. The molecule has 98 valence electrons. The Morgan fingerprint density at radius 3 is 2.58 bits per heavy atom. The Hall–Kier alpha value is -2.57. The first-order valence-corrected chi connectivity index (χ1v) is 5.27. The molecule has 2 rings (SSSR count). The van der Waals surface area contributed by atoms with E-state index in [-0.39, 0.29) is 28.3 Å². The topological polar surface area (TPSA) is 82.0 Å². The third kappa shape index (κ3) is 2.35. The maximum absolute atomic E-state index is 13.8. The minimum absolute atomic E-state index is 0.0805. The van der Waals surface area contributed by atoms with Gasteiger partial charge in [-0.1, -0.05) is 6.07 Å². The largest absolute Gasteiger partial charge is 0.383 e. The van der Waals surface area contributed by atoms with Gasteiger partial charge in [0.05, 0.1) is 16.7 Å². The number of nitrogens with zero attached hydrogens (tertiary/aromatic N) is 2. The number of nitro groups is 1. The fraction of sp³-hybridized carbons (Fsp3) is 0.0833. The van der Waals surface area contributed by atoms with Crippen LogP contribution < -0.4 is 5.73 Å². The second kappa shape index (κ2) is 4.60. The van der Waals surface area contributed by atoms with E-state index in [0.717, 1.165) is 12.1 Å². The molecule has 0 spiro atoms. The summed E-state index contributed by atoms with van der Waals surface area (Å²) >= 11 is 0. The van der Waals surface area contributed by atoms with Gasteiger partial charge < -0.3 is 5.73 Å². The third-order valence-electron chi connectivity index (χ3n) is 2.59. The summed E-state index contributed by atoms with van der Waals surface area (Å²) < 4.78 is 27.3. The highest BCUT2D eigenvalue weighted by molar-refractivity contribution is 5.65. The van der Waals surface area contributed by atoms with Crippen molar-refractivity contribution in [2.24, 2.45) is 0 Å². The first kappa shape index (κ1) is 12.9. The molecule has 0 unspecified atom stereocenters. The van der Waals surface area contributed by atoms with Crippen molar-refractivity contribution in [3.05, 3.63) is 51.6 Å². The molecule has 0 amide bonds. The van der Waals surface area contributed by atoms with Crippen LogP contribution in [0.15, 0.2) is 24.3 Å². The Labute approximate surface area is 106 Å². The predicted octanol–water partition coefficient (Wildman–Crippen LogP) is 2.83. The molecule has 7 heteroatoms. The highest BCUT2D eigenvalue weighted by atomic mass is 19.2. The molecule has 0 radical (unpaired) electrons. The molecule has 1 aromatic carbocycles. The first-order valence-electron chi connectivity index (χ1n) is 5.27. The zero-order valence-electron chi connectivity index (χ0n) is 9.85. The number of rotatable bonds is 2. The highest BCUT2D eigenvalue weighted by Gasteiger charge is 2.17. The molecule has 1 heterocycles. The first-order chi connectivity index (χ1) is 8.90. The second-order valence-corrected chi connectivity index (χ2v) is 3.95. The van der Waals surface area contributed by atoms with E-state index in [2.05, 4.69) is 4.98 Å². The molecule has 2 N–H and O–H groups in total. The molecule has 0 saturated carbocycles. The van der Waals surface area contributed by atoms with Crippen molar-refractivity contribution in [3.8, 4) is 11.3 Å². The lowest BCUT2D eigenvalue weighted by atomic mass is 10.1. The molecule has 0 aliphatic heterocycles. The normalized spacial score (nSPS) is 10.5. The SMILES string of the molecule is Cc1ccc(-c2cc([N+](=O)[O-])cc(N)n2)c(F)c1F. The molecule has 0 atom stereocenters. The van der Waals surface area contributed by atoms with Gasteiger partial charge in [0.2, 0.25) is 0 Å². The lowest BCUT2D eigenvalue weighted by Gasteiger charge is -2.06. The number of aromatic nitrogens is 1. The summed E-state index contributed by atoms with van der Waals surface area (Å²) in [5, 5.41) is 10.7. The van der Waals surface area contributed by atoms with Crippen LogP contribution in [0.4, 0.5) is 20.3 Å². The number of benzene rings is 1. The molecule has 2 aromatic rings. The van der Waals surface area contributed by atoms with Crippen LogP contribution in [0.2, 0.25) is 0 Å². The molecule has 0 bridgehead atoms. The Kier molecular flexibility index (Phi) is 3.12. The molecule has 19 heavy (non-hydrogen) atoms. The average molecular weight is 265 g/mol. The zero-order chi connectivity index (χ0) is 14.2. The summed E-state index contributed by atoms with van der Waals surface area (Å²) in [6, 6.07) is 4.76. The van der Waals surface area contributed by atoms with Crippen molar-refractivity contribution in [3.63, 3.8) is 0 Å². The maximum atomic E-state index is 13.8. The predicted molar refractivity (Wildman–Crippen MR) is 65.4 cm³/mol. The van der Waals surface area contributed by atoms with Gasteiger partial charge in [-0.05, 0) is 18.6 Å². The van der Waals surface area contributed by atoms with Crippen LogP contribution in [0.3, 0.4) is 0 Å². The number of aryl methyl sites for hydroxylation is 1.